The maximum Gasteiger partial charge on any atom is 0.300 e. The van der Waals surface area contributed by atoms with E-state index < -0.39 is 11.7 Å². The number of aryl methyl sites for hydroxylation is 2. The van der Waals surface area contributed by atoms with Gasteiger partial charge in [-0.3, -0.25) is 14.5 Å². The van der Waals surface area contributed by atoms with Crippen LogP contribution in [0.3, 0.4) is 0 Å². The molecule has 2 heterocycles. The molecule has 0 aliphatic carbocycles. The Morgan fingerprint density at radius 3 is 2.55 bits per heavy atom. The minimum Gasteiger partial charge on any atom is -0.539 e. The van der Waals surface area contributed by atoms with Crippen LogP contribution in [0.15, 0.2) is 69.8 Å². The minimum atomic E-state index is -0.794. The van der Waals surface area contributed by atoms with Gasteiger partial charge in [-0.2, -0.15) is 0 Å². The van der Waals surface area contributed by atoms with Crippen molar-refractivity contribution in [2.45, 2.75) is 6.92 Å². The summed E-state index contributed by atoms with van der Waals surface area (Å²) >= 11 is 1.07. The maximum atomic E-state index is 13.1. The number of carbonyl (C=O) groups is 2. The number of aromatic nitrogens is 2. The molecule has 1 aromatic heterocycles. The third-order valence-electron chi connectivity index (χ3n) is 4.58. The van der Waals surface area contributed by atoms with Crippen molar-refractivity contribution in [2.24, 2.45) is 12.0 Å². The van der Waals surface area contributed by atoms with Crippen molar-refractivity contribution < 1.29 is 23.9 Å². The van der Waals surface area contributed by atoms with Crippen molar-refractivity contribution in [3.63, 3.8) is 0 Å². The summed E-state index contributed by atoms with van der Waals surface area (Å²) in [5, 5.41) is 15.5. The first-order chi connectivity index (χ1) is 14.9. The fraction of sp³-hybridized carbons (Fsp3) is 0.136. The van der Waals surface area contributed by atoms with Crippen LogP contribution in [0.5, 0.6) is 5.95 Å². The summed E-state index contributed by atoms with van der Waals surface area (Å²) in [5.41, 5.74) is 2.71. The summed E-state index contributed by atoms with van der Waals surface area (Å²) in [6.07, 6.45) is 1.71. The van der Waals surface area contributed by atoms with Crippen LogP contribution in [0.4, 0.5) is 5.69 Å². The summed E-state index contributed by atoms with van der Waals surface area (Å²) in [6, 6.07) is 16.8. The average Bonchev–Trinajstić information content (AvgIpc) is 3.27. The molecule has 0 N–H and O–H groups in total. The van der Waals surface area contributed by atoms with Gasteiger partial charge in [-0.1, -0.05) is 64.5 Å². The van der Waals surface area contributed by atoms with Gasteiger partial charge >= 0.3 is 0 Å². The molecular weight excluding hydrogens is 416 g/mol. The fourth-order valence-corrected chi connectivity index (χ4v) is 3.90. The zero-order chi connectivity index (χ0) is 22.0. The first kappa shape index (κ1) is 20.5. The number of para-hydroxylation sites is 1. The highest BCUT2D eigenvalue weighted by Gasteiger charge is 2.33. The number of hydrogen-bond acceptors (Lipinski definition) is 7. The summed E-state index contributed by atoms with van der Waals surface area (Å²) in [4.78, 5) is 31.6. The Balaban J connectivity index is 1.63. The number of hydrogen-bond donors (Lipinski definition) is 0. The monoisotopic (exact) mass is 434 g/mol. The van der Waals surface area contributed by atoms with Crippen molar-refractivity contribution in [2.75, 3.05) is 10.7 Å². The molecule has 0 unspecified atom stereocenters. The molecule has 156 valence electrons. The Bertz CT molecular complexity index is 1180. The zero-order valence-electron chi connectivity index (χ0n) is 16.8. The number of amides is 1. The van der Waals surface area contributed by atoms with Gasteiger partial charge in [0.1, 0.15) is 5.70 Å². The van der Waals surface area contributed by atoms with E-state index in [1.54, 1.807) is 18.2 Å². The normalized spacial score (nSPS) is 14.9. The molecule has 3 aromatic rings. The van der Waals surface area contributed by atoms with Crippen molar-refractivity contribution in [3.8, 4) is 5.95 Å². The predicted molar refractivity (Wildman–Crippen MR) is 114 cm³/mol. The van der Waals surface area contributed by atoms with E-state index in [1.165, 1.54) is 11.9 Å². The number of aliphatic imine (C=N–C) groups is 1. The third kappa shape index (κ3) is 4.26. The van der Waals surface area contributed by atoms with Crippen molar-refractivity contribution in [1.29, 1.82) is 0 Å². The SMILES string of the molecule is Cc1ccc(/C=C2/N=C(SCC(=O)c3c([O-])on[n+]3C)N(c3ccccc3)C2=O)cc1. The predicted octanol–water partition coefficient (Wildman–Crippen LogP) is 2.24. The van der Waals surface area contributed by atoms with Gasteiger partial charge < -0.3 is 9.63 Å². The van der Waals surface area contributed by atoms with Gasteiger partial charge in [-0.05, 0) is 30.7 Å². The summed E-state index contributed by atoms with van der Waals surface area (Å²) < 4.78 is 5.61. The molecule has 4 rings (SSSR count). The molecule has 0 radical (unpaired) electrons. The van der Waals surface area contributed by atoms with Crippen LogP contribution in [0.25, 0.3) is 6.08 Å². The van der Waals surface area contributed by atoms with E-state index in [0.29, 0.717) is 10.9 Å². The summed E-state index contributed by atoms with van der Waals surface area (Å²) in [7, 11) is 1.46. The molecule has 0 atom stereocenters. The molecule has 31 heavy (non-hydrogen) atoms. The van der Waals surface area contributed by atoms with E-state index in [4.69, 9.17) is 0 Å². The fourth-order valence-electron chi connectivity index (χ4n) is 3.03. The van der Waals surface area contributed by atoms with Crippen molar-refractivity contribution in [3.05, 3.63) is 77.1 Å². The van der Waals surface area contributed by atoms with Crippen LogP contribution < -0.4 is 14.7 Å². The number of anilines is 1. The lowest BCUT2D eigenvalue weighted by Crippen LogP contribution is -2.38. The van der Waals surface area contributed by atoms with Crippen molar-refractivity contribution >= 4 is 40.4 Å². The second-order valence-electron chi connectivity index (χ2n) is 6.86. The number of rotatable bonds is 5. The number of benzene rings is 2. The minimum absolute atomic E-state index is 0.0997. The first-order valence-corrected chi connectivity index (χ1v) is 10.4. The molecule has 0 saturated heterocycles. The second kappa shape index (κ2) is 8.57. The van der Waals surface area contributed by atoms with E-state index in [9.17, 15) is 14.7 Å². The van der Waals surface area contributed by atoms with Crippen LogP contribution >= 0.6 is 11.8 Å². The van der Waals surface area contributed by atoms with E-state index in [2.05, 4.69) is 14.8 Å². The Morgan fingerprint density at radius 2 is 1.90 bits per heavy atom. The number of carbonyl (C=O) groups excluding carboxylic acids is 2. The highest BCUT2D eigenvalue weighted by atomic mass is 32.2. The molecule has 1 amide bonds. The number of Topliss-reactive ketones (excluding diaryl/α,β-unsaturated/α-hetero) is 1. The molecule has 9 heteroatoms. The number of thioether (sulfide) groups is 1. The highest BCUT2D eigenvalue weighted by molar-refractivity contribution is 8.14. The van der Waals surface area contributed by atoms with Gasteiger partial charge in [0.25, 0.3) is 11.6 Å². The van der Waals surface area contributed by atoms with Crippen LogP contribution in [0, 0.1) is 6.92 Å². The van der Waals surface area contributed by atoms with Crippen LogP contribution in [0.1, 0.15) is 21.6 Å². The molecule has 8 nitrogen and oxygen atoms in total. The van der Waals surface area contributed by atoms with Crippen LogP contribution in [0.2, 0.25) is 0 Å². The summed E-state index contributed by atoms with van der Waals surface area (Å²) in [5.74, 6) is -1.64. The highest BCUT2D eigenvalue weighted by Crippen LogP contribution is 2.29. The van der Waals surface area contributed by atoms with E-state index >= 15 is 0 Å². The van der Waals surface area contributed by atoms with Gasteiger partial charge in [0.2, 0.25) is 5.78 Å². The molecule has 1 aliphatic rings. The molecule has 0 bridgehead atoms. The third-order valence-corrected chi connectivity index (χ3v) is 5.52. The molecule has 2 aromatic carbocycles. The lowest BCUT2D eigenvalue weighted by atomic mass is 10.1. The number of ketones is 1. The van der Waals surface area contributed by atoms with E-state index in [0.717, 1.165) is 27.6 Å². The van der Waals surface area contributed by atoms with Crippen LogP contribution in [-0.4, -0.2) is 27.9 Å². The lowest BCUT2D eigenvalue weighted by Gasteiger charge is -2.17. The Labute approximate surface area is 182 Å². The molecule has 1 aliphatic heterocycles. The molecule has 0 fully saturated rings. The Kier molecular flexibility index (Phi) is 5.68. The quantitative estimate of drug-likeness (QED) is 0.347. The topological polar surface area (TPSA) is 103 Å². The number of nitrogens with zero attached hydrogens (tertiary/aromatic N) is 4. The lowest BCUT2D eigenvalue weighted by molar-refractivity contribution is -0.741. The first-order valence-electron chi connectivity index (χ1n) is 9.39. The van der Waals surface area contributed by atoms with E-state index in [1.807, 2.05) is 49.4 Å². The Hall–Kier alpha value is -3.72. The van der Waals surface area contributed by atoms with Gasteiger partial charge in [0.15, 0.2) is 18.2 Å². The van der Waals surface area contributed by atoms with Crippen molar-refractivity contribution in [1.82, 2.24) is 5.27 Å². The zero-order valence-corrected chi connectivity index (χ0v) is 17.6. The van der Waals surface area contributed by atoms with E-state index in [-0.39, 0.29) is 23.1 Å². The molecule has 0 saturated carbocycles. The smallest absolute Gasteiger partial charge is 0.300 e. The average molecular weight is 434 g/mol. The second-order valence-corrected chi connectivity index (χ2v) is 7.80. The van der Waals surface area contributed by atoms with Gasteiger partial charge in [0.05, 0.1) is 16.7 Å². The van der Waals surface area contributed by atoms with Crippen LogP contribution in [-0.2, 0) is 11.8 Å². The number of amidine groups is 1. The van der Waals surface area contributed by atoms with Gasteiger partial charge in [-0.25, -0.2) is 4.99 Å². The molecule has 0 spiro atoms. The largest absolute Gasteiger partial charge is 0.539 e. The van der Waals surface area contributed by atoms with Gasteiger partial charge in [0, 0.05) is 0 Å². The Morgan fingerprint density at radius 1 is 1.19 bits per heavy atom. The summed E-state index contributed by atoms with van der Waals surface area (Å²) in [6.45, 7) is 1.99. The maximum absolute atomic E-state index is 13.1. The molecular formula is C22H18N4O4S. The standard InChI is InChI=1S/C22H18N4O4S/c1-14-8-10-15(11-9-14)12-17-20(28)26(16-6-4-3-5-7-16)22(23-17)31-13-18(27)19-21(29)30-24-25(19)2/h3-12H,13H2,1-2H3/b17-12+. The van der Waals surface area contributed by atoms with Gasteiger partial charge in [-0.15, -0.1) is 0 Å².